The molecule has 23 heavy (non-hydrogen) atoms. The van der Waals surface area contributed by atoms with Crippen molar-refractivity contribution in [1.29, 1.82) is 0 Å². The molecule has 116 valence electrons. The number of imidazole rings is 1. The lowest BCUT2D eigenvalue weighted by molar-refractivity contribution is -0.391. The molecule has 0 aliphatic heterocycles. The number of nitrogens with zero attached hydrogens (tertiary/aromatic N) is 4. The van der Waals surface area contributed by atoms with E-state index in [9.17, 15) is 20.2 Å². The van der Waals surface area contributed by atoms with Crippen molar-refractivity contribution in [3.8, 4) is 11.6 Å². The highest BCUT2D eigenvalue weighted by atomic mass is 16.6. The van der Waals surface area contributed by atoms with E-state index < -0.39 is 15.7 Å². The van der Waals surface area contributed by atoms with Crippen LogP contribution in [0.5, 0.6) is 11.6 Å². The molecule has 0 aliphatic rings. The molecule has 1 aromatic carbocycles. The number of nitro groups is 2. The van der Waals surface area contributed by atoms with Crippen LogP contribution >= 0.6 is 0 Å². The molecular formula is C14H10N4O5. The van der Waals surface area contributed by atoms with Crippen LogP contribution < -0.4 is 4.74 Å². The summed E-state index contributed by atoms with van der Waals surface area (Å²) in [6.07, 6.45) is 1.47. The lowest BCUT2D eigenvalue weighted by Gasteiger charge is -2.04. The van der Waals surface area contributed by atoms with Crippen molar-refractivity contribution in [3.63, 3.8) is 0 Å². The van der Waals surface area contributed by atoms with Gasteiger partial charge in [0, 0.05) is 12.1 Å². The summed E-state index contributed by atoms with van der Waals surface area (Å²) in [7, 11) is 0. The zero-order chi connectivity index (χ0) is 16.6. The first kappa shape index (κ1) is 14.4. The van der Waals surface area contributed by atoms with Crippen molar-refractivity contribution in [2.45, 2.75) is 6.92 Å². The van der Waals surface area contributed by atoms with Crippen molar-refractivity contribution in [1.82, 2.24) is 9.38 Å². The number of rotatable bonds is 4. The summed E-state index contributed by atoms with van der Waals surface area (Å²) in [4.78, 5) is 25.2. The van der Waals surface area contributed by atoms with Crippen LogP contribution in [-0.2, 0) is 0 Å². The van der Waals surface area contributed by atoms with Crippen molar-refractivity contribution < 1.29 is 14.6 Å². The van der Waals surface area contributed by atoms with E-state index in [4.69, 9.17) is 4.74 Å². The Labute approximate surface area is 129 Å². The summed E-state index contributed by atoms with van der Waals surface area (Å²) in [5, 5.41) is 22.4. The minimum atomic E-state index is -0.643. The highest BCUT2D eigenvalue weighted by molar-refractivity contribution is 5.56. The Kier molecular flexibility index (Phi) is 3.37. The van der Waals surface area contributed by atoms with E-state index in [2.05, 4.69) is 4.98 Å². The maximum atomic E-state index is 11.3. The number of ether oxygens (including phenoxy) is 1. The first-order chi connectivity index (χ1) is 11.0. The van der Waals surface area contributed by atoms with Gasteiger partial charge in [0.2, 0.25) is 11.4 Å². The second-order valence-electron chi connectivity index (χ2n) is 4.76. The molecule has 0 N–H and O–H groups in total. The summed E-state index contributed by atoms with van der Waals surface area (Å²) in [5.74, 6) is -0.796. The molecule has 0 fully saturated rings. The number of aromatic nitrogens is 2. The molecule has 3 rings (SSSR count). The van der Waals surface area contributed by atoms with Crippen LogP contribution in [0.25, 0.3) is 5.65 Å². The van der Waals surface area contributed by atoms with Crippen LogP contribution in [-0.4, -0.2) is 19.2 Å². The predicted molar refractivity (Wildman–Crippen MR) is 79.8 cm³/mol. The van der Waals surface area contributed by atoms with Gasteiger partial charge in [-0.1, -0.05) is 12.1 Å². The predicted octanol–water partition coefficient (Wildman–Crippen LogP) is 3.25. The van der Waals surface area contributed by atoms with E-state index in [1.807, 2.05) is 0 Å². The number of aryl methyl sites for hydroxylation is 1. The van der Waals surface area contributed by atoms with Crippen molar-refractivity contribution >= 4 is 17.2 Å². The summed E-state index contributed by atoms with van der Waals surface area (Å²) in [6.45, 7) is 1.70. The van der Waals surface area contributed by atoms with E-state index >= 15 is 0 Å². The third kappa shape index (κ3) is 2.55. The van der Waals surface area contributed by atoms with Gasteiger partial charge in [0.1, 0.15) is 0 Å². The average Bonchev–Trinajstić information content (AvgIpc) is 2.86. The van der Waals surface area contributed by atoms with Gasteiger partial charge < -0.3 is 14.9 Å². The molecule has 0 aliphatic carbocycles. The molecule has 9 nitrogen and oxygen atoms in total. The minimum absolute atomic E-state index is 0.105. The number of hydrogen-bond acceptors (Lipinski definition) is 6. The largest absolute Gasteiger partial charge is 0.425 e. The van der Waals surface area contributed by atoms with E-state index in [1.54, 1.807) is 31.2 Å². The minimum Gasteiger partial charge on any atom is -0.425 e. The maximum Gasteiger partial charge on any atom is 0.392 e. The standard InChI is InChI=1S/C14H10N4O5/c1-9-5-6-11(10(8-9)17(19)20)23-13-14(18(21)22)16-7-3-2-4-12(16)15-13/h2-8H,1H3. The fraction of sp³-hybridized carbons (Fsp3) is 0.0714. The Balaban J connectivity index is 2.14. The van der Waals surface area contributed by atoms with Crippen molar-refractivity contribution in [2.75, 3.05) is 0 Å². The van der Waals surface area contributed by atoms with Gasteiger partial charge in [-0.05, 0) is 29.5 Å². The molecule has 0 amide bonds. The topological polar surface area (TPSA) is 113 Å². The van der Waals surface area contributed by atoms with Crippen LogP contribution in [0.4, 0.5) is 11.5 Å². The Hall–Kier alpha value is -3.49. The van der Waals surface area contributed by atoms with E-state index in [-0.39, 0.29) is 17.3 Å². The molecule has 2 aromatic heterocycles. The van der Waals surface area contributed by atoms with Gasteiger partial charge in [-0.15, -0.1) is 0 Å². The molecule has 0 spiro atoms. The summed E-state index contributed by atoms with van der Waals surface area (Å²) >= 11 is 0. The van der Waals surface area contributed by atoms with Crippen LogP contribution in [0.2, 0.25) is 0 Å². The molecule has 0 saturated carbocycles. The lowest BCUT2D eigenvalue weighted by Crippen LogP contribution is -1.98. The summed E-state index contributed by atoms with van der Waals surface area (Å²) in [5.41, 5.74) is 0.703. The Morgan fingerprint density at radius 2 is 1.91 bits per heavy atom. The second-order valence-corrected chi connectivity index (χ2v) is 4.76. The molecular weight excluding hydrogens is 304 g/mol. The number of pyridine rings is 1. The van der Waals surface area contributed by atoms with E-state index in [0.717, 1.165) is 0 Å². The van der Waals surface area contributed by atoms with Crippen LogP contribution in [0.3, 0.4) is 0 Å². The lowest BCUT2D eigenvalue weighted by atomic mass is 10.2. The smallest absolute Gasteiger partial charge is 0.392 e. The van der Waals surface area contributed by atoms with E-state index in [1.165, 1.54) is 22.7 Å². The molecule has 9 heteroatoms. The van der Waals surface area contributed by atoms with Gasteiger partial charge in [0.05, 0.1) is 11.1 Å². The van der Waals surface area contributed by atoms with Gasteiger partial charge in [-0.3, -0.25) is 10.1 Å². The summed E-state index contributed by atoms with van der Waals surface area (Å²) in [6, 6.07) is 9.19. The fourth-order valence-corrected chi connectivity index (χ4v) is 2.16. The second kappa shape index (κ2) is 5.37. The van der Waals surface area contributed by atoms with E-state index in [0.29, 0.717) is 11.2 Å². The third-order valence-corrected chi connectivity index (χ3v) is 3.16. The highest BCUT2D eigenvalue weighted by Crippen LogP contribution is 2.36. The first-order valence-electron chi connectivity index (χ1n) is 6.52. The Morgan fingerprint density at radius 1 is 1.13 bits per heavy atom. The fourth-order valence-electron chi connectivity index (χ4n) is 2.16. The number of nitro benzene ring substituents is 1. The molecule has 0 saturated heterocycles. The molecule has 0 radical (unpaired) electrons. The zero-order valence-corrected chi connectivity index (χ0v) is 11.9. The van der Waals surface area contributed by atoms with Gasteiger partial charge >= 0.3 is 17.4 Å². The van der Waals surface area contributed by atoms with Crippen LogP contribution in [0.1, 0.15) is 5.56 Å². The molecule has 3 aromatic rings. The summed E-state index contributed by atoms with van der Waals surface area (Å²) < 4.78 is 6.63. The average molecular weight is 314 g/mol. The molecule has 0 bridgehead atoms. The first-order valence-corrected chi connectivity index (χ1v) is 6.52. The van der Waals surface area contributed by atoms with Gasteiger partial charge in [0.15, 0.2) is 0 Å². The van der Waals surface area contributed by atoms with Gasteiger partial charge in [-0.2, -0.15) is 9.38 Å². The Morgan fingerprint density at radius 3 is 2.61 bits per heavy atom. The quantitative estimate of drug-likeness (QED) is 0.539. The molecule has 2 heterocycles. The van der Waals surface area contributed by atoms with Crippen LogP contribution in [0.15, 0.2) is 42.6 Å². The van der Waals surface area contributed by atoms with Crippen LogP contribution in [0, 0.1) is 27.2 Å². The number of hydrogen-bond donors (Lipinski definition) is 0. The van der Waals surface area contributed by atoms with Gasteiger partial charge in [0.25, 0.3) is 0 Å². The normalized spacial score (nSPS) is 10.7. The maximum absolute atomic E-state index is 11.3. The SMILES string of the molecule is Cc1ccc(Oc2nc3ccccn3c2[N+](=O)[O-])c([N+](=O)[O-])c1. The van der Waals surface area contributed by atoms with Gasteiger partial charge in [-0.25, -0.2) is 0 Å². The molecule has 0 unspecified atom stereocenters. The monoisotopic (exact) mass is 314 g/mol. The number of fused-ring (bicyclic) bond motifs is 1. The third-order valence-electron chi connectivity index (χ3n) is 3.16. The molecule has 0 atom stereocenters. The highest BCUT2D eigenvalue weighted by Gasteiger charge is 2.27. The van der Waals surface area contributed by atoms with Crippen molar-refractivity contribution in [3.05, 3.63) is 68.4 Å². The Bertz CT molecular complexity index is 934. The zero-order valence-electron chi connectivity index (χ0n) is 11.9. The number of benzene rings is 1. The van der Waals surface area contributed by atoms with Crippen molar-refractivity contribution in [2.24, 2.45) is 0 Å².